The highest BCUT2D eigenvalue weighted by molar-refractivity contribution is 14.1. The van der Waals surface area contributed by atoms with E-state index in [9.17, 15) is 16.8 Å². The summed E-state index contributed by atoms with van der Waals surface area (Å²) in [5.41, 5.74) is 3.29. The molecule has 1 fully saturated rings. The van der Waals surface area contributed by atoms with Gasteiger partial charge in [0.15, 0.2) is 19.7 Å². The molecule has 0 atom stereocenters. The zero-order valence-electron chi connectivity index (χ0n) is 21.6. The number of anilines is 1. The average Bonchev–Trinajstić information content (AvgIpc) is 2.83. The molecular formula is C26H26ClI2N3O5S2. The predicted octanol–water partition coefficient (Wildman–Crippen LogP) is 5.59. The van der Waals surface area contributed by atoms with Crippen molar-refractivity contribution in [3.8, 4) is 0 Å². The lowest BCUT2D eigenvalue weighted by atomic mass is 10.1. The number of aryl methyl sites for hydroxylation is 2. The lowest BCUT2D eigenvalue weighted by Crippen LogP contribution is -2.37. The Hall–Kier alpha value is -1.33. The summed E-state index contributed by atoms with van der Waals surface area (Å²) in [5.74, 6) is 0. The maximum Gasteiger partial charge on any atom is 0.179 e. The Kier molecular flexibility index (Phi) is 9.33. The van der Waals surface area contributed by atoms with Gasteiger partial charge in [0.2, 0.25) is 0 Å². The van der Waals surface area contributed by atoms with Gasteiger partial charge < -0.3 is 9.64 Å². The smallest absolute Gasteiger partial charge is 0.179 e. The fourth-order valence-corrected chi connectivity index (χ4v) is 8.47. The molecule has 0 saturated carbocycles. The zero-order valence-corrected chi connectivity index (χ0v) is 28.3. The molecule has 13 heteroatoms. The van der Waals surface area contributed by atoms with Crippen molar-refractivity contribution in [2.45, 2.75) is 23.6 Å². The van der Waals surface area contributed by atoms with E-state index in [-0.39, 0.29) is 9.92 Å². The Bertz CT molecular complexity index is 1810. The molecular weight excluding hydrogens is 788 g/mol. The third-order valence-electron chi connectivity index (χ3n) is 6.13. The van der Waals surface area contributed by atoms with Crippen molar-refractivity contribution in [1.82, 2.24) is 9.97 Å². The minimum absolute atomic E-state index is 0.119. The number of hydrogen-bond acceptors (Lipinski definition) is 8. The number of hydrogen-bond donors (Lipinski definition) is 0. The maximum atomic E-state index is 12.3. The number of benzene rings is 2. The summed E-state index contributed by atoms with van der Waals surface area (Å²) in [6.07, 6.45) is 2.39. The van der Waals surface area contributed by atoms with Crippen molar-refractivity contribution in [2.24, 2.45) is 0 Å². The number of pyridine rings is 2. The van der Waals surface area contributed by atoms with Gasteiger partial charge in [0.1, 0.15) is 9.79 Å². The Balaban J connectivity index is 0.000000187. The molecule has 1 saturated heterocycles. The van der Waals surface area contributed by atoms with Crippen LogP contribution in [0.3, 0.4) is 0 Å². The molecule has 0 aliphatic carbocycles. The van der Waals surface area contributed by atoms with Gasteiger partial charge in [0, 0.05) is 43.5 Å². The minimum atomic E-state index is -3.37. The van der Waals surface area contributed by atoms with E-state index >= 15 is 0 Å². The van der Waals surface area contributed by atoms with Crippen LogP contribution in [-0.4, -0.2) is 65.6 Å². The first-order chi connectivity index (χ1) is 18.2. The Morgan fingerprint density at radius 1 is 0.795 bits per heavy atom. The van der Waals surface area contributed by atoms with Gasteiger partial charge >= 0.3 is 0 Å². The van der Waals surface area contributed by atoms with E-state index in [0.29, 0.717) is 53.5 Å². The van der Waals surface area contributed by atoms with E-state index in [4.69, 9.17) is 16.3 Å². The van der Waals surface area contributed by atoms with Crippen molar-refractivity contribution >= 4 is 104 Å². The molecule has 208 valence electrons. The summed E-state index contributed by atoms with van der Waals surface area (Å²) >= 11 is 10.6. The van der Waals surface area contributed by atoms with Crippen molar-refractivity contribution < 1.29 is 21.6 Å². The number of aromatic nitrogens is 2. The van der Waals surface area contributed by atoms with Crippen LogP contribution in [0.15, 0.2) is 46.2 Å². The van der Waals surface area contributed by atoms with Crippen LogP contribution in [0.4, 0.5) is 5.69 Å². The Morgan fingerprint density at radius 3 is 1.77 bits per heavy atom. The maximum absolute atomic E-state index is 12.3. The standard InChI is InChI=1S/C15H17IN2O3S.C11H9ClINO2S/c1-10-15(22(2,19)20)14(18-5-7-21-8-6-18)12-9-11(16)3-4-13(12)17-10;1-6-11(17(2,15)16)10(12)8-5-7(13)3-4-9(8)14-6/h3-4,9H,5-8H2,1-2H3;3-5H,1-2H3. The number of ether oxygens (including phenoxy) is 1. The molecule has 2 aromatic heterocycles. The predicted molar refractivity (Wildman–Crippen MR) is 173 cm³/mol. The molecule has 8 nitrogen and oxygen atoms in total. The molecule has 1 aliphatic rings. The second kappa shape index (κ2) is 11.9. The molecule has 2 aromatic carbocycles. The first-order valence-corrected chi connectivity index (χ1v) is 18.1. The number of fused-ring (bicyclic) bond motifs is 2. The van der Waals surface area contributed by atoms with Crippen LogP contribution in [0.25, 0.3) is 21.8 Å². The SMILES string of the molecule is Cc1nc2ccc(I)cc2c(Cl)c1S(C)(=O)=O.Cc1nc2ccc(I)cc2c(N2CCOCC2)c1S(C)(=O)=O. The van der Waals surface area contributed by atoms with Crippen LogP contribution < -0.4 is 4.90 Å². The van der Waals surface area contributed by atoms with Crippen LogP contribution in [-0.2, 0) is 24.4 Å². The van der Waals surface area contributed by atoms with E-state index in [1.807, 2.05) is 36.4 Å². The normalized spacial score (nSPS) is 14.4. The largest absolute Gasteiger partial charge is 0.378 e. The fourth-order valence-electron chi connectivity index (χ4n) is 4.59. The van der Waals surface area contributed by atoms with E-state index in [0.717, 1.165) is 30.0 Å². The second-order valence-electron chi connectivity index (χ2n) is 9.18. The van der Waals surface area contributed by atoms with Crippen molar-refractivity contribution in [1.29, 1.82) is 0 Å². The average molecular weight is 814 g/mol. The topological polar surface area (TPSA) is 107 Å². The van der Waals surface area contributed by atoms with Crippen LogP contribution >= 0.6 is 56.8 Å². The van der Waals surface area contributed by atoms with E-state index in [1.165, 1.54) is 6.26 Å². The molecule has 39 heavy (non-hydrogen) atoms. The van der Waals surface area contributed by atoms with Crippen LogP contribution in [0.5, 0.6) is 0 Å². The fraction of sp³-hybridized carbons (Fsp3) is 0.308. The molecule has 3 heterocycles. The third kappa shape index (κ3) is 6.77. The molecule has 1 aliphatic heterocycles. The summed E-state index contributed by atoms with van der Waals surface area (Å²) in [7, 11) is -6.73. The number of morpholine rings is 1. The van der Waals surface area contributed by atoms with E-state index in [2.05, 4.69) is 60.0 Å². The lowest BCUT2D eigenvalue weighted by Gasteiger charge is -2.31. The molecule has 0 N–H and O–H groups in total. The summed E-state index contributed by atoms with van der Waals surface area (Å²) in [6.45, 7) is 6.00. The number of sulfone groups is 2. The van der Waals surface area contributed by atoms with Crippen LogP contribution in [0.2, 0.25) is 5.02 Å². The summed E-state index contributed by atoms with van der Waals surface area (Å²) in [4.78, 5) is 11.3. The van der Waals surface area contributed by atoms with Gasteiger partial charge in [-0.15, -0.1) is 0 Å². The highest BCUT2D eigenvalue weighted by atomic mass is 127. The third-order valence-corrected chi connectivity index (χ3v) is 10.4. The highest BCUT2D eigenvalue weighted by Crippen LogP contribution is 2.36. The van der Waals surface area contributed by atoms with Gasteiger partial charge in [0.05, 0.1) is 46.3 Å². The van der Waals surface area contributed by atoms with Crippen LogP contribution in [0.1, 0.15) is 11.4 Å². The van der Waals surface area contributed by atoms with Gasteiger partial charge in [-0.05, 0) is 95.4 Å². The van der Waals surface area contributed by atoms with E-state index in [1.54, 1.807) is 13.8 Å². The molecule has 0 unspecified atom stereocenters. The summed E-state index contributed by atoms with van der Waals surface area (Å²) in [6, 6.07) is 11.5. The quantitative estimate of drug-likeness (QED) is 0.247. The molecule has 0 bridgehead atoms. The Labute approximate surface area is 260 Å². The summed E-state index contributed by atoms with van der Waals surface area (Å²) < 4.78 is 55.5. The monoisotopic (exact) mass is 813 g/mol. The van der Waals surface area contributed by atoms with Crippen LogP contribution in [0, 0.1) is 21.0 Å². The van der Waals surface area contributed by atoms with Crippen molar-refractivity contribution in [2.75, 3.05) is 43.7 Å². The molecule has 0 spiro atoms. The van der Waals surface area contributed by atoms with Gasteiger partial charge in [-0.2, -0.15) is 0 Å². The van der Waals surface area contributed by atoms with E-state index < -0.39 is 19.7 Å². The minimum Gasteiger partial charge on any atom is -0.378 e. The zero-order chi connectivity index (χ0) is 28.7. The highest BCUT2D eigenvalue weighted by Gasteiger charge is 2.26. The van der Waals surface area contributed by atoms with Gasteiger partial charge in [-0.1, -0.05) is 11.6 Å². The molecule has 4 aromatic rings. The number of nitrogens with zero attached hydrogens (tertiary/aromatic N) is 3. The number of rotatable bonds is 3. The van der Waals surface area contributed by atoms with Crippen molar-refractivity contribution in [3.05, 3.63) is 59.9 Å². The molecule has 5 rings (SSSR count). The van der Waals surface area contributed by atoms with Gasteiger partial charge in [-0.3, -0.25) is 9.97 Å². The number of halogens is 3. The first kappa shape index (κ1) is 30.6. The first-order valence-electron chi connectivity index (χ1n) is 11.8. The van der Waals surface area contributed by atoms with Gasteiger partial charge in [0.25, 0.3) is 0 Å². The lowest BCUT2D eigenvalue weighted by molar-refractivity contribution is 0.122. The molecule has 0 radical (unpaired) electrons. The van der Waals surface area contributed by atoms with Crippen molar-refractivity contribution in [3.63, 3.8) is 0 Å². The Morgan fingerprint density at radius 2 is 1.26 bits per heavy atom. The second-order valence-corrected chi connectivity index (χ2v) is 16.0. The molecule has 0 amide bonds. The van der Waals surface area contributed by atoms with Gasteiger partial charge in [-0.25, -0.2) is 16.8 Å². The summed E-state index contributed by atoms with van der Waals surface area (Å²) in [5, 5.41) is 1.82.